The Morgan fingerprint density at radius 1 is 1.65 bits per heavy atom. The van der Waals surface area contributed by atoms with E-state index < -0.39 is 0 Å². The van der Waals surface area contributed by atoms with Gasteiger partial charge >= 0.3 is 0 Å². The standard InChI is InChI=1S/C14H22N2O3S/c1-18-7-5-16(11-13-3-2-8-20-13)14(17)9-12-10-15-4-6-19-12/h2-3,8,12,15H,4-7,9-11H2,1H3. The van der Waals surface area contributed by atoms with Crippen LogP contribution < -0.4 is 5.32 Å². The van der Waals surface area contributed by atoms with Crippen LogP contribution in [0.3, 0.4) is 0 Å². The lowest BCUT2D eigenvalue weighted by atomic mass is 10.2. The fourth-order valence-corrected chi connectivity index (χ4v) is 2.88. The van der Waals surface area contributed by atoms with Gasteiger partial charge in [0, 0.05) is 31.6 Å². The SMILES string of the molecule is COCCN(Cc1cccs1)C(=O)CC1CNCCO1. The van der Waals surface area contributed by atoms with Crippen LogP contribution in [-0.2, 0) is 20.8 Å². The van der Waals surface area contributed by atoms with E-state index in [2.05, 4.69) is 11.4 Å². The summed E-state index contributed by atoms with van der Waals surface area (Å²) in [5.41, 5.74) is 0. The predicted octanol–water partition coefficient (Wildman–Crippen LogP) is 1.10. The van der Waals surface area contributed by atoms with Crippen LogP contribution in [0.1, 0.15) is 11.3 Å². The number of methoxy groups -OCH3 is 1. The van der Waals surface area contributed by atoms with Gasteiger partial charge in [-0.3, -0.25) is 4.79 Å². The molecule has 1 saturated heterocycles. The zero-order valence-electron chi connectivity index (χ0n) is 11.8. The van der Waals surface area contributed by atoms with Gasteiger partial charge in [-0.2, -0.15) is 0 Å². The number of thiophene rings is 1. The van der Waals surface area contributed by atoms with Crippen LogP contribution in [0.5, 0.6) is 0 Å². The van der Waals surface area contributed by atoms with Crippen LogP contribution in [0.15, 0.2) is 17.5 Å². The minimum Gasteiger partial charge on any atom is -0.383 e. The molecule has 0 radical (unpaired) electrons. The first kappa shape index (κ1) is 15.4. The molecule has 2 heterocycles. The lowest BCUT2D eigenvalue weighted by molar-refractivity contribution is -0.136. The average Bonchev–Trinajstić information content (AvgIpc) is 2.97. The van der Waals surface area contributed by atoms with Crippen LogP contribution in [0, 0.1) is 0 Å². The van der Waals surface area contributed by atoms with E-state index in [-0.39, 0.29) is 12.0 Å². The Morgan fingerprint density at radius 2 is 2.55 bits per heavy atom. The molecule has 5 nitrogen and oxygen atoms in total. The van der Waals surface area contributed by atoms with Gasteiger partial charge in [0.05, 0.1) is 32.3 Å². The van der Waals surface area contributed by atoms with Crippen molar-refractivity contribution in [3.63, 3.8) is 0 Å². The molecule has 6 heteroatoms. The molecular weight excluding hydrogens is 276 g/mol. The number of nitrogens with one attached hydrogen (secondary N) is 1. The van der Waals surface area contributed by atoms with Crippen LogP contribution in [0.4, 0.5) is 0 Å². The Morgan fingerprint density at radius 3 is 3.20 bits per heavy atom. The highest BCUT2D eigenvalue weighted by Gasteiger charge is 2.21. The molecule has 1 amide bonds. The topological polar surface area (TPSA) is 50.8 Å². The van der Waals surface area contributed by atoms with Gasteiger partial charge in [-0.05, 0) is 11.4 Å². The quantitative estimate of drug-likeness (QED) is 0.819. The van der Waals surface area contributed by atoms with Gasteiger partial charge in [0.1, 0.15) is 0 Å². The Kier molecular flexibility index (Phi) is 6.46. The van der Waals surface area contributed by atoms with Crippen LogP contribution in [0.25, 0.3) is 0 Å². The van der Waals surface area contributed by atoms with Crippen molar-refractivity contribution < 1.29 is 14.3 Å². The molecule has 1 aromatic heterocycles. The number of rotatable bonds is 7. The lowest BCUT2D eigenvalue weighted by Crippen LogP contribution is -2.43. The van der Waals surface area contributed by atoms with Crippen molar-refractivity contribution >= 4 is 17.2 Å². The first-order chi connectivity index (χ1) is 9.79. The molecule has 0 bridgehead atoms. The second kappa shape index (κ2) is 8.36. The van der Waals surface area contributed by atoms with E-state index in [9.17, 15) is 4.79 Å². The van der Waals surface area contributed by atoms with Gasteiger partial charge in [0.25, 0.3) is 0 Å². The van der Waals surface area contributed by atoms with Crippen molar-refractivity contribution in [1.29, 1.82) is 0 Å². The van der Waals surface area contributed by atoms with Gasteiger partial charge in [0.2, 0.25) is 5.91 Å². The average molecular weight is 298 g/mol. The lowest BCUT2D eigenvalue weighted by Gasteiger charge is -2.27. The fourth-order valence-electron chi connectivity index (χ4n) is 2.16. The third-order valence-electron chi connectivity index (χ3n) is 3.25. The van der Waals surface area contributed by atoms with Crippen molar-refractivity contribution in [2.75, 3.05) is 40.0 Å². The van der Waals surface area contributed by atoms with E-state index in [1.165, 1.54) is 4.88 Å². The maximum atomic E-state index is 12.4. The molecule has 1 N–H and O–H groups in total. The van der Waals surface area contributed by atoms with Gasteiger partial charge < -0.3 is 19.7 Å². The first-order valence-corrected chi connectivity index (χ1v) is 7.79. The molecule has 1 aliphatic heterocycles. The highest BCUT2D eigenvalue weighted by molar-refractivity contribution is 7.09. The Bertz CT molecular complexity index is 391. The summed E-state index contributed by atoms with van der Waals surface area (Å²) in [6.45, 7) is 4.13. The highest BCUT2D eigenvalue weighted by Crippen LogP contribution is 2.14. The summed E-state index contributed by atoms with van der Waals surface area (Å²) in [7, 11) is 1.65. The normalized spacial score (nSPS) is 18.9. The number of amides is 1. The number of morpholine rings is 1. The summed E-state index contributed by atoms with van der Waals surface area (Å²) < 4.78 is 10.7. The zero-order valence-corrected chi connectivity index (χ0v) is 12.7. The van der Waals surface area contributed by atoms with E-state index in [4.69, 9.17) is 9.47 Å². The van der Waals surface area contributed by atoms with Gasteiger partial charge in [-0.25, -0.2) is 0 Å². The van der Waals surface area contributed by atoms with Gasteiger partial charge in [-0.1, -0.05) is 6.07 Å². The second-order valence-electron chi connectivity index (χ2n) is 4.79. The molecular formula is C14H22N2O3S. The molecule has 1 aromatic rings. The molecule has 0 saturated carbocycles. The van der Waals surface area contributed by atoms with E-state index in [1.807, 2.05) is 16.3 Å². The number of ether oxygens (including phenoxy) is 2. The largest absolute Gasteiger partial charge is 0.383 e. The summed E-state index contributed by atoms with van der Waals surface area (Å²) in [4.78, 5) is 15.5. The number of carbonyl (C=O) groups excluding carboxylic acids is 1. The Balaban J connectivity index is 1.88. The van der Waals surface area contributed by atoms with Crippen molar-refractivity contribution in [2.24, 2.45) is 0 Å². The second-order valence-corrected chi connectivity index (χ2v) is 5.82. The van der Waals surface area contributed by atoms with E-state index in [1.54, 1.807) is 18.4 Å². The minimum atomic E-state index is -0.00960. The number of hydrogen-bond donors (Lipinski definition) is 1. The number of carbonyl (C=O) groups is 1. The third kappa shape index (κ3) is 4.86. The summed E-state index contributed by atoms with van der Waals surface area (Å²) in [5, 5.41) is 5.28. The fraction of sp³-hybridized carbons (Fsp3) is 0.643. The van der Waals surface area contributed by atoms with Crippen molar-refractivity contribution in [2.45, 2.75) is 19.1 Å². The molecule has 1 atom stereocenters. The molecule has 0 spiro atoms. The highest BCUT2D eigenvalue weighted by atomic mass is 32.1. The van der Waals surface area contributed by atoms with Crippen LogP contribution in [-0.4, -0.2) is 56.9 Å². The number of nitrogens with zero attached hydrogens (tertiary/aromatic N) is 1. The Hall–Kier alpha value is -0.950. The molecule has 20 heavy (non-hydrogen) atoms. The summed E-state index contributed by atoms with van der Waals surface area (Å²) in [5.74, 6) is 0.129. The van der Waals surface area contributed by atoms with Crippen molar-refractivity contribution in [3.8, 4) is 0 Å². The molecule has 1 fully saturated rings. The molecule has 1 aliphatic rings. The zero-order chi connectivity index (χ0) is 14.2. The minimum absolute atomic E-state index is 0.00960. The predicted molar refractivity (Wildman–Crippen MR) is 78.8 cm³/mol. The van der Waals surface area contributed by atoms with E-state index >= 15 is 0 Å². The van der Waals surface area contributed by atoms with Gasteiger partial charge in [0.15, 0.2) is 0 Å². The van der Waals surface area contributed by atoms with E-state index in [0.717, 1.165) is 13.1 Å². The maximum absolute atomic E-state index is 12.4. The molecule has 1 unspecified atom stereocenters. The van der Waals surface area contributed by atoms with Crippen LogP contribution in [0.2, 0.25) is 0 Å². The van der Waals surface area contributed by atoms with Gasteiger partial charge in [-0.15, -0.1) is 11.3 Å². The maximum Gasteiger partial charge on any atom is 0.225 e. The summed E-state index contributed by atoms with van der Waals surface area (Å²) in [6, 6.07) is 4.06. The van der Waals surface area contributed by atoms with Crippen LogP contribution >= 0.6 is 11.3 Å². The Labute approximate surface area is 123 Å². The van der Waals surface area contributed by atoms with Crippen molar-refractivity contribution in [1.82, 2.24) is 10.2 Å². The monoisotopic (exact) mass is 298 g/mol. The summed E-state index contributed by atoms with van der Waals surface area (Å²) >= 11 is 1.67. The molecule has 0 aliphatic carbocycles. The van der Waals surface area contributed by atoms with E-state index in [0.29, 0.717) is 32.7 Å². The number of hydrogen-bond acceptors (Lipinski definition) is 5. The van der Waals surface area contributed by atoms with Crippen molar-refractivity contribution in [3.05, 3.63) is 22.4 Å². The molecule has 112 valence electrons. The summed E-state index contributed by atoms with van der Waals surface area (Å²) in [6.07, 6.45) is 0.423. The smallest absolute Gasteiger partial charge is 0.225 e. The third-order valence-corrected chi connectivity index (χ3v) is 4.11. The first-order valence-electron chi connectivity index (χ1n) is 6.91. The molecule has 0 aromatic carbocycles. The molecule has 2 rings (SSSR count).